The first kappa shape index (κ1) is 26.3. The van der Waals surface area contributed by atoms with Gasteiger partial charge in [-0.2, -0.15) is 0 Å². The number of nitrogens with zero attached hydrogens (tertiary/aromatic N) is 2. The molecule has 0 atom stereocenters. The maximum atomic E-state index is 12.4. The smallest absolute Gasteiger partial charge is 0.272 e. The zero-order valence-electron chi connectivity index (χ0n) is 22.1. The molecular weight excluding hydrogens is 490 g/mol. The van der Waals surface area contributed by atoms with Crippen molar-refractivity contribution in [3.63, 3.8) is 0 Å². The van der Waals surface area contributed by atoms with Gasteiger partial charge in [-0.25, -0.2) is 0 Å². The molecule has 1 fully saturated rings. The van der Waals surface area contributed by atoms with E-state index in [4.69, 9.17) is 9.84 Å². The highest BCUT2D eigenvalue weighted by atomic mass is 16.5. The number of aliphatic hydroxyl groups is 1. The van der Waals surface area contributed by atoms with Gasteiger partial charge in [0.2, 0.25) is 0 Å². The molecule has 0 bridgehead atoms. The fourth-order valence-corrected chi connectivity index (χ4v) is 4.75. The first-order chi connectivity index (χ1) is 19.1. The molecule has 8 nitrogen and oxygen atoms in total. The average Bonchev–Trinajstić information content (AvgIpc) is 3.41. The standard InChI is InChI=1S/C31H35N5O3/c1-35-18-2-3-30(35)31(38)34-27-10-8-25(9-11-27)32-23-4-6-24(7-5-23)33-26-12-14-28(15-13-26)36-19-16-29(17-20-36)39-22-21-37/h2-15,18,29,32-33,37H,16-17,19-22H2,1H3,(H,34,38). The Morgan fingerprint density at radius 2 is 1.33 bits per heavy atom. The van der Waals surface area contributed by atoms with E-state index in [0.29, 0.717) is 12.3 Å². The van der Waals surface area contributed by atoms with Gasteiger partial charge >= 0.3 is 0 Å². The number of benzene rings is 3. The molecule has 8 heteroatoms. The second kappa shape index (κ2) is 12.5. The molecule has 39 heavy (non-hydrogen) atoms. The number of carbonyl (C=O) groups excluding carboxylic acids is 1. The maximum Gasteiger partial charge on any atom is 0.272 e. The molecule has 5 rings (SSSR count). The van der Waals surface area contributed by atoms with Crippen LogP contribution >= 0.6 is 0 Å². The number of piperidine rings is 1. The first-order valence-electron chi connectivity index (χ1n) is 13.3. The van der Waals surface area contributed by atoms with Crippen LogP contribution in [-0.2, 0) is 11.8 Å². The quantitative estimate of drug-likeness (QED) is 0.211. The molecule has 3 aromatic carbocycles. The highest BCUT2D eigenvalue weighted by Crippen LogP contribution is 2.26. The Kier molecular flexibility index (Phi) is 8.45. The maximum absolute atomic E-state index is 12.4. The van der Waals surface area contributed by atoms with E-state index >= 15 is 0 Å². The summed E-state index contributed by atoms with van der Waals surface area (Å²) < 4.78 is 7.46. The molecule has 1 aromatic heterocycles. The number of rotatable bonds is 10. The first-order valence-corrected chi connectivity index (χ1v) is 13.3. The van der Waals surface area contributed by atoms with E-state index in [2.05, 4.69) is 45.1 Å². The Labute approximate surface area is 229 Å². The number of ether oxygens (including phenoxy) is 1. The number of carbonyl (C=O) groups is 1. The number of aryl methyl sites for hydroxylation is 1. The number of hydrogen-bond donors (Lipinski definition) is 4. The molecule has 1 saturated heterocycles. The molecule has 4 N–H and O–H groups in total. The van der Waals surface area contributed by atoms with Crippen LogP contribution in [0.3, 0.4) is 0 Å². The van der Waals surface area contributed by atoms with E-state index in [1.807, 2.05) is 67.8 Å². The SMILES string of the molecule is Cn1cccc1C(=O)Nc1ccc(Nc2ccc(Nc3ccc(N4CCC(OCCO)CC4)cc3)cc2)cc1. The van der Waals surface area contributed by atoms with Crippen molar-refractivity contribution in [1.29, 1.82) is 0 Å². The van der Waals surface area contributed by atoms with Crippen LogP contribution in [0.25, 0.3) is 0 Å². The summed E-state index contributed by atoms with van der Waals surface area (Å²) in [6, 6.07) is 28.0. The molecule has 0 spiro atoms. The van der Waals surface area contributed by atoms with E-state index in [1.165, 1.54) is 5.69 Å². The van der Waals surface area contributed by atoms with Gasteiger partial charge in [0.25, 0.3) is 5.91 Å². The molecule has 1 amide bonds. The topological polar surface area (TPSA) is 90.8 Å². The molecule has 4 aromatic rings. The van der Waals surface area contributed by atoms with Crippen LogP contribution in [0.15, 0.2) is 91.1 Å². The van der Waals surface area contributed by atoms with Crippen molar-refractivity contribution < 1.29 is 14.6 Å². The summed E-state index contributed by atoms with van der Waals surface area (Å²) in [6.07, 6.45) is 4.06. The van der Waals surface area contributed by atoms with Crippen molar-refractivity contribution in [3.8, 4) is 0 Å². The van der Waals surface area contributed by atoms with Crippen LogP contribution in [0.5, 0.6) is 0 Å². The third kappa shape index (κ3) is 6.98. The molecule has 0 unspecified atom stereocenters. The van der Waals surface area contributed by atoms with Gasteiger partial charge in [-0.1, -0.05) is 0 Å². The summed E-state index contributed by atoms with van der Waals surface area (Å²) in [5.74, 6) is -0.133. The lowest BCUT2D eigenvalue weighted by Crippen LogP contribution is -2.37. The summed E-state index contributed by atoms with van der Waals surface area (Å²) in [5.41, 5.74) is 6.53. The van der Waals surface area contributed by atoms with Crippen molar-refractivity contribution in [2.45, 2.75) is 18.9 Å². The minimum atomic E-state index is -0.133. The van der Waals surface area contributed by atoms with Gasteiger partial charge in [-0.3, -0.25) is 4.79 Å². The van der Waals surface area contributed by atoms with Crippen molar-refractivity contribution >= 4 is 40.0 Å². The van der Waals surface area contributed by atoms with Gasteiger partial charge in [0.1, 0.15) is 5.69 Å². The van der Waals surface area contributed by atoms with Crippen molar-refractivity contribution in [1.82, 2.24) is 4.57 Å². The Hall–Kier alpha value is -4.27. The van der Waals surface area contributed by atoms with E-state index in [0.717, 1.165) is 54.4 Å². The lowest BCUT2D eigenvalue weighted by Gasteiger charge is -2.33. The fraction of sp³-hybridized carbons (Fsp3) is 0.258. The molecule has 202 valence electrons. The van der Waals surface area contributed by atoms with Gasteiger partial charge in [-0.05, 0) is 97.8 Å². The summed E-state index contributed by atoms with van der Waals surface area (Å²) >= 11 is 0. The fourth-order valence-electron chi connectivity index (χ4n) is 4.75. The van der Waals surface area contributed by atoms with E-state index in [9.17, 15) is 4.79 Å². The number of anilines is 6. The van der Waals surface area contributed by atoms with Gasteiger partial charge in [0, 0.05) is 60.5 Å². The lowest BCUT2D eigenvalue weighted by atomic mass is 10.1. The zero-order valence-corrected chi connectivity index (χ0v) is 22.1. The van der Waals surface area contributed by atoms with E-state index in [-0.39, 0.29) is 18.6 Å². The zero-order chi connectivity index (χ0) is 27.0. The molecule has 0 saturated carbocycles. The van der Waals surface area contributed by atoms with Crippen LogP contribution in [0.1, 0.15) is 23.3 Å². The predicted octanol–water partition coefficient (Wildman–Crippen LogP) is 5.74. The minimum absolute atomic E-state index is 0.0829. The Bertz CT molecular complexity index is 1340. The molecule has 0 radical (unpaired) electrons. The second-order valence-electron chi connectivity index (χ2n) is 9.69. The highest BCUT2D eigenvalue weighted by molar-refractivity contribution is 6.03. The van der Waals surface area contributed by atoms with Gasteiger partial charge in [-0.15, -0.1) is 0 Å². The summed E-state index contributed by atoms with van der Waals surface area (Å²) in [5, 5.41) is 18.7. The summed E-state index contributed by atoms with van der Waals surface area (Å²) in [6.45, 7) is 2.43. The largest absolute Gasteiger partial charge is 0.394 e. The number of amides is 1. The monoisotopic (exact) mass is 525 g/mol. The minimum Gasteiger partial charge on any atom is -0.394 e. The third-order valence-electron chi connectivity index (χ3n) is 6.90. The third-order valence-corrected chi connectivity index (χ3v) is 6.90. The number of hydrogen-bond acceptors (Lipinski definition) is 6. The number of aliphatic hydroxyl groups excluding tert-OH is 1. The van der Waals surface area contributed by atoms with E-state index < -0.39 is 0 Å². The number of nitrogens with one attached hydrogen (secondary N) is 3. The predicted molar refractivity (Wildman–Crippen MR) is 158 cm³/mol. The van der Waals surface area contributed by atoms with Gasteiger partial charge in [0.05, 0.1) is 19.3 Å². The Morgan fingerprint density at radius 3 is 1.82 bits per heavy atom. The lowest BCUT2D eigenvalue weighted by molar-refractivity contribution is 0.0159. The van der Waals surface area contributed by atoms with E-state index in [1.54, 1.807) is 10.6 Å². The van der Waals surface area contributed by atoms with Crippen molar-refractivity contribution in [2.24, 2.45) is 7.05 Å². The molecule has 1 aliphatic rings. The molecule has 0 aliphatic carbocycles. The highest BCUT2D eigenvalue weighted by Gasteiger charge is 2.19. The molecule has 2 heterocycles. The Morgan fingerprint density at radius 1 is 0.821 bits per heavy atom. The van der Waals surface area contributed by atoms with Crippen molar-refractivity contribution in [3.05, 3.63) is 96.8 Å². The van der Waals surface area contributed by atoms with Crippen LogP contribution in [-0.4, -0.2) is 48.0 Å². The Balaban J connectivity index is 1.10. The second-order valence-corrected chi connectivity index (χ2v) is 9.69. The molecular formula is C31H35N5O3. The van der Waals surface area contributed by atoms with Crippen LogP contribution in [0.2, 0.25) is 0 Å². The number of aromatic nitrogens is 1. The summed E-state index contributed by atoms with van der Waals surface area (Å²) in [4.78, 5) is 14.8. The summed E-state index contributed by atoms with van der Waals surface area (Å²) in [7, 11) is 1.85. The average molecular weight is 526 g/mol. The van der Waals surface area contributed by atoms with Gasteiger partial charge in [0.15, 0.2) is 0 Å². The molecule has 1 aliphatic heterocycles. The van der Waals surface area contributed by atoms with Gasteiger partial charge < -0.3 is 35.3 Å². The van der Waals surface area contributed by atoms with Crippen LogP contribution in [0.4, 0.5) is 34.1 Å². The van der Waals surface area contributed by atoms with Crippen LogP contribution < -0.4 is 20.9 Å². The van der Waals surface area contributed by atoms with Crippen LogP contribution in [0, 0.1) is 0 Å². The normalized spacial score (nSPS) is 13.7. The van der Waals surface area contributed by atoms with Crippen molar-refractivity contribution in [2.75, 3.05) is 47.2 Å².